The van der Waals surface area contributed by atoms with Gasteiger partial charge in [0.1, 0.15) is 0 Å². The fourth-order valence-electron chi connectivity index (χ4n) is 1.40. The zero-order valence-electron chi connectivity index (χ0n) is 9.37. The second-order valence-electron chi connectivity index (χ2n) is 3.76. The van der Waals surface area contributed by atoms with Gasteiger partial charge in [-0.3, -0.25) is 4.79 Å². The summed E-state index contributed by atoms with van der Waals surface area (Å²) in [5, 5.41) is 10.7. The van der Waals surface area contributed by atoms with Crippen molar-refractivity contribution < 1.29 is 14.6 Å². The van der Waals surface area contributed by atoms with Crippen molar-refractivity contribution in [1.82, 2.24) is 0 Å². The van der Waals surface area contributed by atoms with E-state index in [9.17, 15) is 9.90 Å². The monoisotopic (exact) mass is 242 g/mol. The molecule has 3 nitrogen and oxygen atoms in total. The molecule has 0 aliphatic heterocycles. The van der Waals surface area contributed by atoms with Gasteiger partial charge in [0.25, 0.3) is 0 Å². The fourth-order valence-corrected chi connectivity index (χ4v) is 1.53. The van der Waals surface area contributed by atoms with Gasteiger partial charge in [-0.2, -0.15) is 0 Å². The summed E-state index contributed by atoms with van der Waals surface area (Å²) in [4.78, 5) is 11.3. The summed E-state index contributed by atoms with van der Waals surface area (Å²) in [5.41, 5.74) is -0.582. The van der Waals surface area contributed by atoms with Crippen molar-refractivity contribution in [3.05, 3.63) is 34.9 Å². The van der Waals surface area contributed by atoms with E-state index in [0.29, 0.717) is 17.2 Å². The molecule has 88 valence electrons. The summed E-state index contributed by atoms with van der Waals surface area (Å²) in [5.74, 6) is -0.414. The van der Waals surface area contributed by atoms with Crippen LogP contribution in [0.25, 0.3) is 0 Å². The number of carbonyl (C=O) groups excluding carboxylic acids is 1. The fraction of sp³-hybridized carbons (Fsp3) is 0.417. The van der Waals surface area contributed by atoms with Crippen LogP contribution in [0.5, 0.6) is 0 Å². The SMILES string of the molecule is CCOC(=O)CC(C)(O)c1ccc(Cl)cc1. The van der Waals surface area contributed by atoms with Gasteiger partial charge in [-0.1, -0.05) is 23.7 Å². The summed E-state index contributed by atoms with van der Waals surface area (Å²) in [6, 6.07) is 6.75. The van der Waals surface area contributed by atoms with Gasteiger partial charge in [-0.15, -0.1) is 0 Å². The van der Waals surface area contributed by atoms with Crippen LogP contribution in [0.15, 0.2) is 24.3 Å². The predicted octanol–water partition coefficient (Wildman–Crippen LogP) is 2.50. The maximum atomic E-state index is 11.3. The van der Waals surface area contributed by atoms with Gasteiger partial charge in [-0.25, -0.2) is 0 Å². The van der Waals surface area contributed by atoms with Crippen LogP contribution >= 0.6 is 11.6 Å². The standard InChI is InChI=1S/C12H15ClO3/c1-3-16-11(14)8-12(2,15)9-4-6-10(13)7-5-9/h4-7,15H,3,8H2,1-2H3. The Balaban J connectivity index is 2.76. The van der Waals surface area contributed by atoms with E-state index in [-0.39, 0.29) is 6.42 Å². The van der Waals surface area contributed by atoms with Crippen LogP contribution in [0.3, 0.4) is 0 Å². The number of carbonyl (C=O) groups is 1. The van der Waals surface area contributed by atoms with Crippen LogP contribution < -0.4 is 0 Å². The van der Waals surface area contributed by atoms with Crippen molar-refractivity contribution in [3.8, 4) is 0 Å². The predicted molar refractivity (Wildman–Crippen MR) is 62.3 cm³/mol. The lowest BCUT2D eigenvalue weighted by Crippen LogP contribution is -2.26. The van der Waals surface area contributed by atoms with Gasteiger partial charge in [0.15, 0.2) is 0 Å². The molecule has 1 rings (SSSR count). The highest BCUT2D eigenvalue weighted by atomic mass is 35.5. The summed E-state index contributed by atoms with van der Waals surface area (Å²) >= 11 is 5.74. The van der Waals surface area contributed by atoms with Gasteiger partial charge in [0.2, 0.25) is 0 Å². The second kappa shape index (κ2) is 5.32. The average molecular weight is 243 g/mol. The zero-order valence-corrected chi connectivity index (χ0v) is 10.1. The molecule has 0 aliphatic rings. The lowest BCUT2D eigenvalue weighted by molar-refractivity contribution is -0.148. The molecule has 0 saturated carbocycles. The molecule has 16 heavy (non-hydrogen) atoms. The van der Waals surface area contributed by atoms with Crippen molar-refractivity contribution in [2.75, 3.05) is 6.61 Å². The minimum atomic E-state index is -1.23. The molecule has 1 aromatic rings. The van der Waals surface area contributed by atoms with Crippen molar-refractivity contribution in [3.63, 3.8) is 0 Å². The Bertz CT molecular complexity index is 357. The molecule has 0 fully saturated rings. The Morgan fingerprint density at radius 2 is 2.00 bits per heavy atom. The van der Waals surface area contributed by atoms with Gasteiger partial charge in [0.05, 0.1) is 18.6 Å². The molecule has 4 heteroatoms. The van der Waals surface area contributed by atoms with Crippen molar-refractivity contribution in [2.45, 2.75) is 25.9 Å². The first-order valence-electron chi connectivity index (χ1n) is 5.10. The van der Waals surface area contributed by atoms with E-state index < -0.39 is 11.6 Å². The van der Waals surface area contributed by atoms with Gasteiger partial charge in [-0.05, 0) is 31.5 Å². The van der Waals surface area contributed by atoms with E-state index >= 15 is 0 Å². The van der Waals surface area contributed by atoms with Crippen LogP contribution in [0.2, 0.25) is 5.02 Å². The van der Waals surface area contributed by atoms with Gasteiger partial charge in [0, 0.05) is 5.02 Å². The number of halogens is 1. The zero-order chi connectivity index (χ0) is 12.2. The number of esters is 1. The Morgan fingerprint density at radius 3 is 2.50 bits per heavy atom. The Morgan fingerprint density at radius 1 is 1.44 bits per heavy atom. The van der Waals surface area contributed by atoms with E-state index in [1.165, 1.54) is 0 Å². The van der Waals surface area contributed by atoms with E-state index in [1.807, 2.05) is 0 Å². The minimum absolute atomic E-state index is 0.0670. The number of hydrogen-bond donors (Lipinski definition) is 1. The summed E-state index contributed by atoms with van der Waals surface area (Å²) in [6.07, 6.45) is -0.0670. The quantitative estimate of drug-likeness (QED) is 0.826. The lowest BCUT2D eigenvalue weighted by atomic mass is 9.93. The third-order valence-electron chi connectivity index (χ3n) is 2.26. The largest absolute Gasteiger partial charge is 0.466 e. The Kier molecular flexibility index (Phi) is 4.33. The van der Waals surface area contributed by atoms with E-state index in [1.54, 1.807) is 38.1 Å². The number of hydrogen-bond acceptors (Lipinski definition) is 3. The van der Waals surface area contributed by atoms with Gasteiger partial charge < -0.3 is 9.84 Å². The topological polar surface area (TPSA) is 46.5 Å². The lowest BCUT2D eigenvalue weighted by Gasteiger charge is -2.22. The highest BCUT2D eigenvalue weighted by Gasteiger charge is 2.27. The van der Waals surface area contributed by atoms with Crippen molar-refractivity contribution >= 4 is 17.6 Å². The average Bonchev–Trinajstić information content (AvgIpc) is 2.17. The second-order valence-corrected chi connectivity index (χ2v) is 4.20. The van der Waals surface area contributed by atoms with Crippen LogP contribution in [-0.2, 0) is 15.1 Å². The molecule has 1 atom stereocenters. The third kappa shape index (κ3) is 3.51. The molecule has 0 aliphatic carbocycles. The number of benzene rings is 1. The molecule has 0 amide bonds. The normalized spacial score (nSPS) is 14.2. The van der Waals surface area contributed by atoms with Crippen LogP contribution in [0, 0.1) is 0 Å². The molecule has 0 saturated heterocycles. The first-order valence-corrected chi connectivity index (χ1v) is 5.47. The Labute approximate surface area is 100.0 Å². The molecule has 0 heterocycles. The van der Waals surface area contributed by atoms with E-state index in [4.69, 9.17) is 16.3 Å². The number of aliphatic hydroxyl groups is 1. The van der Waals surface area contributed by atoms with Crippen LogP contribution in [-0.4, -0.2) is 17.7 Å². The van der Waals surface area contributed by atoms with E-state index in [0.717, 1.165) is 0 Å². The number of ether oxygens (including phenoxy) is 1. The first kappa shape index (κ1) is 13.0. The molecule has 0 aromatic heterocycles. The van der Waals surface area contributed by atoms with E-state index in [2.05, 4.69) is 0 Å². The number of rotatable bonds is 4. The molecule has 0 bridgehead atoms. The molecule has 1 unspecified atom stereocenters. The summed E-state index contributed by atoms with van der Waals surface area (Å²) in [6.45, 7) is 3.62. The molecular weight excluding hydrogens is 228 g/mol. The smallest absolute Gasteiger partial charge is 0.309 e. The first-order chi connectivity index (χ1) is 7.45. The van der Waals surface area contributed by atoms with Crippen molar-refractivity contribution in [1.29, 1.82) is 0 Å². The maximum Gasteiger partial charge on any atom is 0.309 e. The third-order valence-corrected chi connectivity index (χ3v) is 2.51. The molecule has 0 radical (unpaired) electrons. The molecule has 1 N–H and O–H groups in total. The highest BCUT2D eigenvalue weighted by Crippen LogP contribution is 2.26. The Hall–Kier alpha value is -1.06. The van der Waals surface area contributed by atoms with Crippen molar-refractivity contribution in [2.24, 2.45) is 0 Å². The molecule has 0 spiro atoms. The highest BCUT2D eigenvalue weighted by molar-refractivity contribution is 6.30. The summed E-state index contributed by atoms with van der Waals surface area (Å²) in [7, 11) is 0. The maximum absolute atomic E-state index is 11.3. The van der Waals surface area contributed by atoms with Crippen LogP contribution in [0.1, 0.15) is 25.8 Å². The summed E-state index contributed by atoms with van der Waals surface area (Å²) < 4.78 is 4.80. The van der Waals surface area contributed by atoms with Crippen LogP contribution in [0.4, 0.5) is 0 Å². The van der Waals surface area contributed by atoms with Gasteiger partial charge >= 0.3 is 5.97 Å². The molecule has 1 aromatic carbocycles. The minimum Gasteiger partial charge on any atom is -0.466 e. The molecular formula is C12H15ClO3.